The Bertz CT molecular complexity index is 780. The first-order valence-corrected chi connectivity index (χ1v) is 8.88. The van der Waals surface area contributed by atoms with E-state index in [2.05, 4.69) is 20.6 Å². The van der Waals surface area contributed by atoms with Crippen LogP contribution in [0.1, 0.15) is 24.0 Å². The first kappa shape index (κ1) is 18.1. The summed E-state index contributed by atoms with van der Waals surface area (Å²) >= 11 is 0. The van der Waals surface area contributed by atoms with Gasteiger partial charge in [0.15, 0.2) is 0 Å². The van der Waals surface area contributed by atoms with E-state index in [9.17, 15) is 9.90 Å². The first-order valence-electron chi connectivity index (χ1n) is 8.88. The molecule has 7 heteroatoms. The molecule has 1 fully saturated rings. The fourth-order valence-corrected chi connectivity index (χ4v) is 2.93. The molecule has 0 radical (unpaired) electrons. The molecule has 1 saturated heterocycles. The molecule has 1 atom stereocenters. The van der Waals surface area contributed by atoms with Crippen molar-refractivity contribution in [2.24, 2.45) is 0 Å². The minimum Gasteiger partial charge on any atom is -0.391 e. The Kier molecular flexibility index (Phi) is 5.68. The molecule has 7 nitrogen and oxygen atoms in total. The Morgan fingerprint density at radius 3 is 2.96 bits per heavy atom. The molecule has 3 N–H and O–H groups in total. The molecular weight excluding hydrogens is 330 g/mol. The van der Waals surface area contributed by atoms with Gasteiger partial charge in [-0.2, -0.15) is 4.98 Å². The maximum absolute atomic E-state index is 12.2. The molecule has 1 unspecified atom stereocenters. The van der Waals surface area contributed by atoms with Crippen LogP contribution < -0.4 is 15.5 Å². The van der Waals surface area contributed by atoms with Crippen molar-refractivity contribution < 1.29 is 9.90 Å². The normalized spacial score (nSPS) is 16.6. The van der Waals surface area contributed by atoms with Crippen LogP contribution >= 0.6 is 0 Å². The van der Waals surface area contributed by atoms with Crippen LogP contribution in [-0.2, 0) is 4.79 Å². The highest BCUT2D eigenvalue weighted by atomic mass is 16.3. The zero-order valence-electron chi connectivity index (χ0n) is 15.2. The number of carbonyl (C=O) groups is 1. The van der Waals surface area contributed by atoms with Crippen LogP contribution in [0.3, 0.4) is 0 Å². The minimum atomic E-state index is -0.296. The number of aliphatic hydroxyl groups excluding tert-OH is 1. The highest BCUT2D eigenvalue weighted by Gasteiger charge is 2.21. The van der Waals surface area contributed by atoms with Gasteiger partial charge in [0.25, 0.3) is 0 Å². The van der Waals surface area contributed by atoms with E-state index in [4.69, 9.17) is 0 Å². The van der Waals surface area contributed by atoms with Crippen LogP contribution in [0.2, 0.25) is 0 Å². The highest BCUT2D eigenvalue weighted by Crippen LogP contribution is 2.19. The fourth-order valence-electron chi connectivity index (χ4n) is 2.93. The van der Waals surface area contributed by atoms with Gasteiger partial charge in [-0.1, -0.05) is 12.1 Å². The van der Waals surface area contributed by atoms with Crippen molar-refractivity contribution >= 4 is 23.4 Å². The topological polar surface area (TPSA) is 90.4 Å². The second-order valence-electron chi connectivity index (χ2n) is 6.67. The average Bonchev–Trinajstić information content (AvgIpc) is 3.05. The van der Waals surface area contributed by atoms with Crippen LogP contribution in [0.5, 0.6) is 0 Å². The lowest BCUT2D eigenvalue weighted by Crippen LogP contribution is -2.23. The summed E-state index contributed by atoms with van der Waals surface area (Å²) in [4.78, 5) is 22.8. The number of benzene rings is 1. The third kappa shape index (κ3) is 4.70. The molecule has 1 amide bonds. The Labute approximate surface area is 153 Å². The predicted octanol–water partition coefficient (Wildman–Crippen LogP) is 2.11. The standard InChI is InChI=1S/C19H25N5O2/c1-13-3-4-14(2)16(11-13)22-18(26)6-9-21-19-20-8-5-17(23-19)24-10-7-15(25)12-24/h3-5,8,11,15,25H,6-7,9-10,12H2,1-2H3,(H,22,26)(H,20,21,23). The zero-order chi connectivity index (χ0) is 18.5. The summed E-state index contributed by atoms with van der Waals surface area (Å²) < 4.78 is 0. The van der Waals surface area contributed by atoms with Gasteiger partial charge < -0.3 is 20.6 Å². The van der Waals surface area contributed by atoms with Gasteiger partial charge in [0, 0.05) is 37.9 Å². The molecule has 1 aliphatic heterocycles. The lowest BCUT2D eigenvalue weighted by molar-refractivity contribution is -0.115. The number of anilines is 3. The van der Waals surface area contributed by atoms with Crippen molar-refractivity contribution in [1.82, 2.24) is 9.97 Å². The van der Waals surface area contributed by atoms with E-state index in [1.54, 1.807) is 6.20 Å². The molecule has 2 heterocycles. The third-order valence-electron chi connectivity index (χ3n) is 4.43. The van der Waals surface area contributed by atoms with Crippen molar-refractivity contribution in [3.63, 3.8) is 0 Å². The first-order chi connectivity index (χ1) is 12.5. The molecule has 2 aromatic rings. The SMILES string of the molecule is Cc1ccc(C)c(NC(=O)CCNc2nccc(N3CCC(O)C3)n2)c1. The zero-order valence-corrected chi connectivity index (χ0v) is 15.2. The molecule has 0 spiro atoms. The van der Waals surface area contributed by atoms with E-state index in [1.165, 1.54) is 0 Å². The largest absolute Gasteiger partial charge is 0.391 e. The summed E-state index contributed by atoms with van der Waals surface area (Å²) in [6.07, 6.45) is 2.47. The van der Waals surface area contributed by atoms with Crippen LogP contribution in [0.4, 0.5) is 17.5 Å². The molecule has 0 saturated carbocycles. The molecule has 26 heavy (non-hydrogen) atoms. The fraction of sp³-hybridized carbons (Fsp3) is 0.421. The second kappa shape index (κ2) is 8.14. The number of aromatic nitrogens is 2. The summed E-state index contributed by atoms with van der Waals surface area (Å²) in [5.41, 5.74) is 3.00. The number of hydrogen-bond donors (Lipinski definition) is 3. The smallest absolute Gasteiger partial charge is 0.226 e. The number of nitrogens with zero attached hydrogens (tertiary/aromatic N) is 3. The van der Waals surface area contributed by atoms with Gasteiger partial charge >= 0.3 is 0 Å². The number of carbonyl (C=O) groups excluding carboxylic acids is 1. The van der Waals surface area contributed by atoms with Crippen LogP contribution in [0, 0.1) is 13.8 Å². The van der Waals surface area contributed by atoms with Gasteiger partial charge in [-0.3, -0.25) is 4.79 Å². The van der Waals surface area contributed by atoms with Gasteiger partial charge in [0.05, 0.1) is 6.10 Å². The molecular formula is C19H25N5O2. The van der Waals surface area contributed by atoms with Crippen LogP contribution in [0.15, 0.2) is 30.5 Å². The van der Waals surface area contributed by atoms with Gasteiger partial charge in [-0.15, -0.1) is 0 Å². The van der Waals surface area contributed by atoms with Gasteiger partial charge in [-0.05, 0) is 43.5 Å². The Morgan fingerprint density at radius 1 is 1.35 bits per heavy atom. The van der Waals surface area contributed by atoms with Gasteiger partial charge in [0.1, 0.15) is 5.82 Å². The highest BCUT2D eigenvalue weighted by molar-refractivity contribution is 5.91. The number of β-amino-alcohol motifs (C(OH)–C–C–N with tert-alkyl or cyclic N) is 1. The Balaban J connectivity index is 1.50. The predicted molar refractivity (Wildman–Crippen MR) is 103 cm³/mol. The number of hydrogen-bond acceptors (Lipinski definition) is 6. The molecule has 1 aromatic carbocycles. The van der Waals surface area contributed by atoms with Crippen molar-refractivity contribution in [2.75, 3.05) is 35.2 Å². The number of rotatable bonds is 6. The summed E-state index contributed by atoms with van der Waals surface area (Å²) in [5, 5.41) is 15.7. The maximum Gasteiger partial charge on any atom is 0.226 e. The van der Waals surface area contributed by atoms with E-state index < -0.39 is 0 Å². The summed E-state index contributed by atoms with van der Waals surface area (Å²) in [6, 6.07) is 7.82. The second-order valence-corrected chi connectivity index (χ2v) is 6.67. The van der Waals surface area contributed by atoms with E-state index in [-0.39, 0.29) is 12.0 Å². The molecule has 0 bridgehead atoms. The van der Waals surface area contributed by atoms with Crippen molar-refractivity contribution in [3.8, 4) is 0 Å². The number of aliphatic hydroxyl groups is 1. The molecule has 0 aliphatic carbocycles. The number of aryl methyl sites for hydroxylation is 2. The maximum atomic E-state index is 12.2. The monoisotopic (exact) mass is 355 g/mol. The summed E-state index contributed by atoms with van der Waals surface area (Å²) in [5.74, 6) is 1.23. The Morgan fingerprint density at radius 2 is 2.19 bits per heavy atom. The minimum absolute atomic E-state index is 0.0509. The van der Waals surface area contributed by atoms with Crippen molar-refractivity contribution in [3.05, 3.63) is 41.6 Å². The lowest BCUT2D eigenvalue weighted by atomic mass is 10.1. The Hall–Kier alpha value is -2.67. The van der Waals surface area contributed by atoms with Crippen molar-refractivity contribution in [1.29, 1.82) is 0 Å². The van der Waals surface area contributed by atoms with Gasteiger partial charge in [-0.25, -0.2) is 4.98 Å². The van der Waals surface area contributed by atoms with Gasteiger partial charge in [0.2, 0.25) is 11.9 Å². The van der Waals surface area contributed by atoms with Crippen LogP contribution in [-0.4, -0.2) is 46.7 Å². The number of nitrogens with one attached hydrogen (secondary N) is 2. The molecule has 1 aliphatic rings. The van der Waals surface area contributed by atoms with Crippen LogP contribution in [0.25, 0.3) is 0 Å². The van der Waals surface area contributed by atoms with E-state index in [0.717, 1.165) is 35.6 Å². The van der Waals surface area contributed by atoms with Crippen molar-refractivity contribution in [2.45, 2.75) is 32.8 Å². The van der Waals surface area contributed by atoms with E-state index in [1.807, 2.05) is 43.0 Å². The number of amides is 1. The lowest BCUT2D eigenvalue weighted by Gasteiger charge is -2.17. The van der Waals surface area contributed by atoms with E-state index >= 15 is 0 Å². The molecule has 1 aromatic heterocycles. The van der Waals surface area contributed by atoms with E-state index in [0.29, 0.717) is 25.5 Å². The molecule has 3 rings (SSSR count). The summed E-state index contributed by atoms with van der Waals surface area (Å²) in [7, 11) is 0. The molecule has 138 valence electrons. The third-order valence-corrected chi connectivity index (χ3v) is 4.43. The summed E-state index contributed by atoms with van der Waals surface area (Å²) in [6.45, 7) is 5.80. The quantitative estimate of drug-likeness (QED) is 0.735. The average molecular weight is 355 g/mol.